The SMILES string of the molecule is NCC#Cc1csc(COc2ccc(F)c(Cl)c2)c1. The minimum Gasteiger partial charge on any atom is -0.488 e. The van der Waals surface area contributed by atoms with E-state index in [4.69, 9.17) is 22.1 Å². The molecule has 2 N–H and O–H groups in total. The van der Waals surface area contributed by atoms with Gasteiger partial charge >= 0.3 is 0 Å². The van der Waals surface area contributed by atoms with Gasteiger partial charge in [0.05, 0.1) is 11.6 Å². The van der Waals surface area contributed by atoms with Crippen molar-refractivity contribution in [3.63, 3.8) is 0 Å². The normalized spacial score (nSPS) is 9.84. The van der Waals surface area contributed by atoms with E-state index in [0.29, 0.717) is 18.9 Å². The second-order valence-corrected chi connectivity index (χ2v) is 5.08. The van der Waals surface area contributed by atoms with E-state index in [2.05, 4.69) is 11.8 Å². The van der Waals surface area contributed by atoms with Crippen LogP contribution in [0.5, 0.6) is 5.75 Å². The van der Waals surface area contributed by atoms with Crippen LogP contribution in [-0.4, -0.2) is 6.54 Å². The molecule has 0 saturated heterocycles. The van der Waals surface area contributed by atoms with Crippen molar-refractivity contribution < 1.29 is 9.13 Å². The van der Waals surface area contributed by atoms with Crippen LogP contribution in [0.25, 0.3) is 0 Å². The number of ether oxygens (including phenoxy) is 1. The third kappa shape index (κ3) is 3.97. The van der Waals surface area contributed by atoms with Crippen molar-refractivity contribution in [1.29, 1.82) is 0 Å². The molecule has 0 unspecified atom stereocenters. The van der Waals surface area contributed by atoms with Gasteiger partial charge in [-0.3, -0.25) is 0 Å². The highest BCUT2D eigenvalue weighted by Crippen LogP contribution is 2.23. The zero-order valence-corrected chi connectivity index (χ0v) is 11.5. The van der Waals surface area contributed by atoms with Gasteiger partial charge in [0.15, 0.2) is 0 Å². The van der Waals surface area contributed by atoms with Crippen molar-refractivity contribution in [1.82, 2.24) is 0 Å². The first-order chi connectivity index (χ1) is 9.19. The molecule has 0 atom stereocenters. The summed E-state index contributed by atoms with van der Waals surface area (Å²) < 4.78 is 18.5. The summed E-state index contributed by atoms with van der Waals surface area (Å²) in [5.74, 6) is 5.82. The number of nitrogens with two attached hydrogens (primary N) is 1. The summed E-state index contributed by atoms with van der Waals surface area (Å²) in [4.78, 5) is 1.03. The van der Waals surface area contributed by atoms with Crippen LogP contribution in [0, 0.1) is 17.7 Å². The summed E-state index contributed by atoms with van der Waals surface area (Å²) in [7, 11) is 0. The number of thiophene rings is 1. The molecule has 1 aromatic heterocycles. The van der Waals surface area contributed by atoms with E-state index in [0.717, 1.165) is 10.4 Å². The highest BCUT2D eigenvalue weighted by atomic mass is 35.5. The van der Waals surface area contributed by atoms with Crippen LogP contribution < -0.4 is 10.5 Å². The van der Waals surface area contributed by atoms with Gasteiger partial charge in [-0.05, 0) is 18.2 Å². The van der Waals surface area contributed by atoms with E-state index in [1.54, 1.807) is 17.4 Å². The first kappa shape index (κ1) is 13.9. The lowest BCUT2D eigenvalue weighted by Gasteiger charge is -2.04. The van der Waals surface area contributed by atoms with E-state index >= 15 is 0 Å². The fourth-order valence-corrected chi connectivity index (χ4v) is 2.29. The van der Waals surface area contributed by atoms with Gasteiger partial charge in [0.1, 0.15) is 18.2 Å². The van der Waals surface area contributed by atoms with Gasteiger partial charge in [-0.1, -0.05) is 23.4 Å². The molecule has 0 aliphatic rings. The molecule has 0 saturated carbocycles. The van der Waals surface area contributed by atoms with Gasteiger partial charge in [0.25, 0.3) is 0 Å². The van der Waals surface area contributed by atoms with Gasteiger partial charge < -0.3 is 10.5 Å². The van der Waals surface area contributed by atoms with Crippen molar-refractivity contribution in [2.75, 3.05) is 6.54 Å². The zero-order chi connectivity index (χ0) is 13.7. The minimum atomic E-state index is -0.454. The van der Waals surface area contributed by atoms with Gasteiger partial charge in [-0.25, -0.2) is 4.39 Å². The molecule has 5 heteroatoms. The average Bonchev–Trinajstić information content (AvgIpc) is 2.86. The highest BCUT2D eigenvalue weighted by molar-refractivity contribution is 7.10. The van der Waals surface area contributed by atoms with Crippen molar-refractivity contribution in [3.05, 3.63) is 50.9 Å². The van der Waals surface area contributed by atoms with Crippen molar-refractivity contribution in [2.24, 2.45) is 5.73 Å². The molecule has 0 amide bonds. The standard InChI is InChI=1S/C14H11ClFNOS/c15-13-7-11(3-4-14(13)16)18-8-12-6-10(9-19-12)2-1-5-17/h3-4,6-7,9H,5,8,17H2. The van der Waals surface area contributed by atoms with Crippen LogP contribution in [0.3, 0.4) is 0 Å². The van der Waals surface area contributed by atoms with Gasteiger partial charge in [0, 0.05) is 21.9 Å². The summed E-state index contributed by atoms with van der Waals surface area (Å²) in [6, 6.07) is 6.23. The third-order valence-corrected chi connectivity index (χ3v) is 3.46. The number of hydrogen-bond donors (Lipinski definition) is 1. The van der Waals surface area contributed by atoms with Crippen LogP contribution >= 0.6 is 22.9 Å². The average molecular weight is 296 g/mol. The van der Waals surface area contributed by atoms with Gasteiger partial charge in [-0.15, -0.1) is 11.3 Å². The maximum Gasteiger partial charge on any atom is 0.142 e. The molecule has 1 aromatic carbocycles. The number of benzene rings is 1. The van der Waals surface area contributed by atoms with Crippen molar-refractivity contribution in [2.45, 2.75) is 6.61 Å². The second kappa shape index (κ2) is 6.58. The summed E-state index contributed by atoms with van der Waals surface area (Å²) in [5, 5.41) is 2.00. The first-order valence-electron chi connectivity index (χ1n) is 5.53. The Bertz CT molecular complexity index is 630. The summed E-state index contributed by atoms with van der Waals surface area (Å²) in [6.07, 6.45) is 0. The predicted molar refractivity (Wildman–Crippen MR) is 76.0 cm³/mol. The Kier molecular flexibility index (Phi) is 4.80. The van der Waals surface area contributed by atoms with Gasteiger partial charge in [-0.2, -0.15) is 0 Å². The van der Waals surface area contributed by atoms with E-state index in [1.807, 2.05) is 11.4 Å². The molecule has 19 heavy (non-hydrogen) atoms. The molecule has 2 aromatic rings. The largest absolute Gasteiger partial charge is 0.488 e. The summed E-state index contributed by atoms with van der Waals surface area (Å²) in [6.45, 7) is 0.743. The van der Waals surface area contributed by atoms with E-state index in [-0.39, 0.29) is 5.02 Å². The van der Waals surface area contributed by atoms with Crippen LogP contribution in [-0.2, 0) is 6.61 Å². The fraction of sp³-hybridized carbons (Fsp3) is 0.143. The van der Waals surface area contributed by atoms with Crippen molar-refractivity contribution >= 4 is 22.9 Å². The molecule has 0 aliphatic heterocycles. The number of halogens is 2. The monoisotopic (exact) mass is 295 g/mol. The summed E-state index contributed by atoms with van der Waals surface area (Å²) in [5.41, 5.74) is 6.23. The first-order valence-corrected chi connectivity index (χ1v) is 6.79. The molecule has 0 radical (unpaired) electrons. The molecule has 2 nitrogen and oxygen atoms in total. The number of rotatable bonds is 3. The molecular weight excluding hydrogens is 285 g/mol. The Labute approximate surface area is 120 Å². The molecule has 2 rings (SSSR count). The highest BCUT2D eigenvalue weighted by Gasteiger charge is 2.03. The quantitative estimate of drug-likeness (QED) is 0.881. The molecule has 98 valence electrons. The van der Waals surface area contributed by atoms with Crippen LogP contribution in [0.15, 0.2) is 29.6 Å². The fourth-order valence-electron chi connectivity index (χ4n) is 1.40. The minimum absolute atomic E-state index is 0.0539. The van der Waals surface area contributed by atoms with Crippen LogP contribution in [0.1, 0.15) is 10.4 Å². The lowest BCUT2D eigenvalue weighted by Crippen LogP contribution is -1.93. The Morgan fingerprint density at radius 3 is 2.95 bits per heavy atom. The lowest BCUT2D eigenvalue weighted by atomic mass is 10.3. The van der Waals surface area contributed by atoms with Gasteiger partial charge in [0.2, 0.25) is 0 Å². The Hall–Kier alpha value is -1.54. The molecular formula is C14H11ClFNOS. The molecule has 0 spiro atoms. The molecule has 1 heterocycles. The zero-order valence-electron chi connectivity index (χ0n) is 9.95. The lowest BCUT2D eigenvalue weighted by molar-refractivity contribution is 0.309. The van der Waals surface area contributed by atoms with Crippen molar-refractivity contribution in [3.8, 4) is 17.6 Å². The molecule has 0 aliphatic carbocycles. The summed E-state index contributed by atoms with van der Waals surface area (Å²) >= 11 is 7.23. The van der Waals surface area contributed by atoms with E-state index in [9.17, 15) is 4.39 Å². The smallest absolute Gasteiger partial charge is 0.142 e. The Morgan fingerprint density at radius 2 is 2.21 bits per heavy atom. The van der Waals surface area contributed by atoms with Crippen LogP contribution in [0.4, 0.5) is 4.39 Å². The molecule has 0 bridgehead atoms. The topological polar surface area (TPSA) is 35.2 Å². The second-order valence-electron chi connectivity index (χ2n) is 3.67. The Balaban J connectivity index is 1.98. The maximum absolute atomic E-state index is 13.0. The maximum atomic E-state index is 13.0. The van der Waals surface area contributed by atoms with E-state index in [1.165, 1.54) is 12.1 Å². The number of hydrogen-bond acceptors (Lipinski definition) is 3. The Morgan fingerprint density at radius 1 is 1.37 bits per heavy atom. The van der Waals surface area contributed by atoms with E-state index < -0.39 is 5.82 Å². The third-order valence-electron chi connectivity index (χ3n) is 2.26. The predicted octanol–water partition coefficient (Wildman–Crippen LogP) is 3.43. The van der Waals surface area contributed by atoms with Crippen LogP contribution in [0.2, 0.25) is 5.02 Å². The molecule has 0 fully saturated rings.